The minimum absolute atomic E-state index is 0.0755. The molecule has 0 aromatic heterocycles. The molecule has 1 aromatic rings. The lowest BCUT2D eigenvalue weighted by Gasteiger charge is -2.14. The first kappa shape index (κ1) is 13.0. The zero-order valence-electron chi connectivity index (χ0n) is 10.1. The van der Waals surface area contributed by atoms with Gasteiger partial charge >= 0.3 is 0 Å². The number of carbonyl (C=O) groups excluding carboxylic acids is 1. The molecule has 0 radical (unpaired) electrons. The van der Waals surface area contributed by atoms with Gasteiger partial charge in [-0.05, 0) is 24.1 Å². The van der Waals surface area contributed by atoms with E-state index in [1.807, 2.05) is 4.90 Å². The molecule has 1 saturated heterocycles. The molecule has 0 saturated carbocycles. The summed E-state index contributed by atoms with van der Waals surface area (Å²) >= 11 is 0. The van der Waals surface area contributed by atoms with Crippen LogP contribution in [0.25, 0.3) is 0 Å². The standard InChI is InChI=1S/C13H17FN2O2/c14-11-3-1-10(2-4-11)7-15-13(18)9-16-6-5-12(17)8-16/h1-4,12,17H,5-9H2,(H,15,18)/t12-/m1/s1. The number of rotatable bonds is 4. The van der Waals surface area contributed by atoms with Crippen LogP contribution in [0.3, 0.4) is 0 Å². The van der Waals surface area contributed by atoms with Gasteiger partial charge in [-0.2, -0.15) is 0 Å². The van der Waals surface area contributed by atoms with Crippen LogP contribution in [0.15, 0.2) is 24.3 Å². The van der Waals surface area contributed by atoms with Gasteiger partial charge < -0.3 is 10.4 Å². The lowest BCUT2D eigenvalue weighted by Crippen LogP contribution is -2.36. The maximum absolute atomic E-state index is 12.7. The third-order valence-corrected chi connectivity index (χ3v) is 3.02. The van der Waals surface area contributed by atoms with Gasteiger partial charge in [0.25, 0.3) is 0 Å². The Bertz CT molecular complexity index is 408. The number of aliphatic hydroxyl groups is 1. The van der Waals surface area contributed by atoms with Crippen molar-refractivity contribution in [2.24, 2.45) is 0 Å². The van der Waals surface area contributed by atoms with E-state index in [2.05, 4.69) is 5.32 Å². The van der Waals surface area contributed by atoms with E-state index in [1.54, 1.807) is 12.1 Å². The Morgan fingerprint density at radius 3 is 2.78 bits per heavy atom. The molecule has 1 fully saturated rings. The highest BCUT2D eigenvalue weighted by Gasteiger charge is 2.21. The van der Waals surface area contributed by atoms with Gasteiger partial charge in [0.2, 0.25) is 5.91 Å². The average molecular weight is 252 g/mol. The van der Waals surface area contributed by atoms with Crippen molar-refractivity contribution in [2.75, 3.05) is 19.6 Å². The van der Waals surface area contributed by atoms with Gasteiger partial charge in [-0.15, -0.1) is 0 Å². The maximum Gasteiger partial charge on any atom is 0.234 e. The largest absolute Gasteiger partial charge is 0.392 e. The Balaban J connectivity index is 1.73. The monoisotopic (exact) mass is 252 g/mol. The van der Waals surface area contributed by atoms with Crippen LogP contribution in [0.1, 0.15) is 12.0 Å². The van der Waals surface area contributed by atoms with Crippen LogP contribution < -0.4 is 5.32 Å². The predicted molar refractivity (Wildman–Crippen MR) is 65.3 cm³/mol. The maximum atomic E-state index is 12.7. The summed E-state index contributed by atoms with van der Waals surface area (Å²) in [5, 5.41) is 12.1. The minimum atomic E-state index is -0.310. The number of amides is 1. The van der Waals surface area contributed by atoms with Crippen LogP contribution >= 0.6 is 0 Å². The zero-order chi connectivity index (χ0) is 13.0. The van der Waals surface area contributed by atoms with Crippen molar-refractivity contribution in [1.82, 2.24) is 10.2 Å². The molecular weight excluding hydrogens is 235 g/mol. The molecule has 1 aliphatic rings. The second-order valence-corrected chi connectivity index (χ2v) is 4.58. The lowest BCUT2D eigenvalue weighted by molar-refractivity contribution is -0.122. The van der Waals surface area contributed by atoms with E-state index in [4.69, 9.17) is 0 Å². The Labute approximate surface area is 105 Å². The number of β-amino-alcohol motifs (C(OH)–C–C–N with tert-alkyl or cyclic N) is 1. The molecule has 1 aromatic carbocycles. The molecule has 2 N–H and O–H groups in total. The van der Waals surface area contributed by atoms with Crippen molar-refractivity contribution >= 4 is 5.91 Å². The first-order valence-electron chi connectivity index (χ1n) is 6.05. The number of hydrogen-bond donors (Lipinski definition) is 2. The fourth-order valence-corrected chi connectivity index (χ4v) is 2.02. The molecule has 18 heavy (non-hydrogen) atoms. The highest BCUT2D eigenvalue weighted by Crippen LogP contribution is 2.07. The van der Waals surface area contributed by atoms with Gasteiger partial charge in [0.15, 0.2) is 0 Å². The third kappa shape index (κ3) is 3.78. The molecule has 1 heterocycles. The van der Waals surface area contributed by atoms with Gasteiger partial charge in [0.05, 0.1) is 12.6 Å². The number of likely N-dealkylation sites (tertiary alicyclic amines) is 1. The quantitative estimate of drug-likeness (QED) is 0.821. The van der Waals surface area contributed by atoms with E-state index >= 15 is 0 Å². The fraction of sp³-hybridized carbons (Fsp3) is 0.462. The van der Waals surface area contributed by atoms with E-state index in [0.29, 0.717) is 19.6 Å². The number of nitrogens with zero attached hydrogens (tertiary/aromatic N) is 1. The summed E-state index contributed by atoms with van der Waals surface area (Å²) in [6.07, 6.45) is 0.417. The number of carbonyl (C=O) groups is 1. The topological polar surface area (TPSA) is 52.6 Å². The van der Waals surface area contributed by atoms with Crippen molar-refractivity contribution in [3.8, 4) is 0 Å². The second-order valence-electron chi connectivity index (χ2n) is 4.58. The molecule has 4 nitrogen and oxygen atoms in total. The van der Waals surface area contributed by atoms with E-state index in [9.17, 15) is 14.3 Å². The first-order chi connectivity index (χ1) is 8.63. The lowest BCUT2D eigenvalue weighted by atomic mass is 10.2. The normalized spacial score (nSPS) is 20.0. The van der Waals surface area contributed by atoms with Crippen molar-refractivity contribution in [1.29, 1.82) is 0 Å². The number of nitrogens with one attached hydrogen (secondary N) is 1. The Morgan fingerprint density at radius 1 is 1.44 bits per heavy atom. The third-order valence-electron chi connectivity index (χ3n) is 3.02. The average Bonchev–Trinajstić information content (AvgIpc) is 2.74. The highest BCUT2D eigenvalue weighted by atomic mass is 19.1. The summed E-state index contributed by atoms with van der Waals surface area (Å²) in [4.78, 5) is 13.6. The van der Waals surface area contributed by atoms with Gasteiger partial charge in [-0.25, -0.2) is 4.39 Å². The van der Waals surface area contributed by atoms with Gasteiger partial charge in [0, 0.05) is 19.6 Å². The number of hydrogen-bond acceptors (Lipinski definition) is 3. The molecule has 5 heteroatoms. The molecule has 0 bridgehead atoms. The van der Waals surface area contributed by atoms with Crippen LogP contribution in [-0.2, 0) is 11.3 Å². The predicted octanol–water partition coefficient (Wildman–Crippen LogP) is 0.508. The molecule has 2 rings (SSSR count). The molecule has 0 unspecified atom stereocenters. The molecule has 0 aliphatic carbocycles. The van der Waals surface area contributed by atoms with Gasteiger partial charge in [0.1, 0.15) is 5.82 Å². The van der Waals surface area contributed by atoms with Crippen molar-refractivity contribution in [3.05, 3.63) is 35.6 Å². The van der Waals surface area contributed by atoms with E-state index in [0.717, 1.165) is 18.5 Å². The van der Waals surface area contributed by atoms with E-state index in [-0.39, 0.29) is 17.8 Å². The Kier molecular flexibility index (Phi) is 4.28. The smallest absolute Gasteiger partial charge is 0.234 e. The Morgan fingerprint density at radius 2 is 2.17 bits per heavy atom. The molecule has 1 aliphatic heterocycles. The zero-order valence-corrected chi connectivity index (χ0v) is 10.1. The second kappa shape index (κ2) is 5.93. The molecular formula is C13H17FN2O2. The van der Waals surface area contributed by atoms with Crippen molar-refractivity contribution < 1.29 is 14.3 Å². The van der Waals surface area contributed by atoms with Crippen LogP contribution in [0.4, 0.5) is 4.39 Å². The van der Waals surface area contributed by atoms with Gasteiger partial charge in [-0.1, -0.05) is 12.1 Å². The van der Waals surface area contributed by atoms with Crippen LogP contribution in [0.5, 0.6) is 0 Å². The van der Waals surface area contributed by atoms with E-state index in [1.165, 1.54) is 12.1 Å². The van der Waals surface area contributed by atoms with Crippen LogP contribution in [-0.4, -0.2) is 41.7 Å². The first-order valence-corrected chi connectivity index (χ1v) is 6.05. The summed E-state index contributed by atoms with van der Waals surface area (Å²) in [5.74, 6) is -0.357. The summed E-state index contributed by atoms with van der Waals surface area (Å²) in [6, 6.07) is 6.04. The number of aliphatic hydroxyl groups excluding tert-OH is 1. The molecule has 98 valence electrons. The summed E-state index contributed by atoms with van der Waals surface area (Å²) < 4.78 is 12.7. The molecule has 0 spiro atoms. The molecule has 1 amide bonds. The highest BCUT2D eigenvalue weighted by molar-refractivity contribution is 5.78. The summed E-state index contributed by atoms with van der Waals surface area (Å²) in [5.41, 5.74) is 0.867. The summed E-state index contributed by atoms with van der Waals surface area (Å²) in [6.45, 7) is 2.02. The summed E-state index contributed by atoms with van der Waals surface area (Å²) in [7, 11) is 0. The minimum Gasteiger partial charge on any atom is -0.392 e. The van der Waals surface area contributed by atoms with Crippen molar-refractivity contribution in [2.45, 2.75) is 19.1 Å². The number of halogens is 1. The SMILES string of the molecule is O=C(CN1CC[C@@H](O)C1)NCc1ccc(F)cc1. The van der Waals surface area contributed by atoms with Gasteiger partial charge in [-0.3, -0.25) is 9.69 Å². The van der Waals surface area contributed by atoms with Crippen molar-refractivity contribution in [3.63, 3.8) is 0 Å². The van der Waals surface area contributed by atoms with E-state index < -0.39 is 0 Å². The fourth-order valence-electron chi connectivity index (χ4n) is 2.02. The van der Waals surface area contributed by atoms with Crippen LogP contribution in [0.2, 0.25) is 0 Å². The molecule has 1 atom stereocenters. The number of benzene rings is 1. The van der Waals surface area contributed by atoms with Crippen LogP contribution in [0, 0.1) is 5.82 Å². The Hall–Kier alpha value is -1.46.